The van der Waals surface area contributed by atoms with Crippen LogP contribution in [0, 0.1) is 10.1 Å². The second-order valence-corrected chi connectivity index (χ2v) is 13.5. The Morgan fingerprint density at radius 2 is 1.42 bits per heavy atom. The molecule has 0 bridgehead atoms. The molecule has 55 heavy (non-hydrogen) atoms. The molecule has 7 rings (SSSR count). The van der Waals surface area contributed by atoms with Crippen LogP contribution in [0.3, 0.4) is 0 Å². The second-order valence-electron chi connectivity index (χ2n) is 13.5. The van der Waals surface area contributed by atoms with E-state index in [4.69, 9.17) is 9.15 Å². The Morgan fingerprint density at radius 3 is 2.04 bits per heavy atom. The lowest BCUT2D eigenvalue weighted by molar-refractivity contribution is -0.384. The number of hydrogen-bond donors (Lipinski definition) is 2. The molecule has 2 N–H and O–H groups in total. The first-order valence-corrected chi connectivity index (χ1v) is 18.8. The summed E-state index contributed by atoms with van der Waals surface area (Å²) in [5.41, 5.74) is 3.16. The number of hydrogen-bond acceptors (Lipinski definition) is 10. The van der Waals surface area contributed by atoms with Crippen LogP contribution >= 0.6 is 0 Å². The van der Waals surface area contributed by atoms with E-state index in [9.17, 15) is 24.5 Å². The summed E-state index contributed by atoms with van der Waals surface area (Å²) in [6.45, 7) is 13.2. The topological polar surface area (TPSA) is 150 Å². The van der Waals surface area contributed by atoms with E-state index in [1.54, 1.807) is 0 Å². The van der Waals surface area contributed by atoms with Gasteiger partial charge in [0.05, 0.1) is 11.0 Å². The summed E-state index contributed by atoms with van der Waals surface area (Å²) in [5, 5.41) is 17.6. The Kier molecular flexibility index (Phi) is 10.3. The molecule has 0 fully saturated rings. The number of rotatable bonds is 14. The molecule has 0 saturated carbocycles. The highest BCUT2D eigenvalue weighted by Gasteiger charge is 2.56. The minimum atomic E-state index is -0.958. The first-order chi connectivity index (χ1) is 26.7. The van der Waals surface area contributed by atoms with E-state index < -0.39 is 22.0 Å². The van der Waals surface area contributed by atoms with E-state index in [0.717, 1.165) is 60.3 Å². The molecule has 284 valence electrons. The van der Waals surface area contributed by atoms with Crippen molar-refractivity contribution in [3.63, 3.8) is 0 Å². The number of amides is 2. The molecule has 13 nitrogen and oxygen atoms in total. The molecule has 13 heteroatoms. The fourth-order valence-corrected chi connectivity index (χ4v) is 7.95. The number of carbonyl (C=O) groups excluding carboxylic acids is 2. The average molecular weight is 745 g/mol. The third-order valence-electron chi connectivity index (χ3n) is 10.7. The van der Waals surface area contributed by atoms with Crippen LogP contribution in [0.25, 0.3) is 11.0 Å². The molecule has 0 radical (unpaired) electrons. The van der Waals surface area contributed by atoms with Crippen molar-refractivity contribution in [2.24, 2.45) is 0 Å². The highest BCUT2D eigenvalue weighted by Crippen LogP contribution is 2.58. The summed E-state index contributed by atoms with van der Waals surface area (Å²) in [5.74, 6) is 0.701. The summed E-state index contributed by atoms with van der Waals surface area (Å²) in [4.78, 5) is 57.0. The van der Waals surface area contributed by atoms with Gasteiger partial charge in [-0.05, 0) is 63.6 Å². The SMILES string of the molecule is CCN(CC)c1ccc2c(c1)Oc1cc(N(CC)CC)ccc1C21c2ccccc2C(=O)N1CCNCCNC(=O)c1cc2ccc([N+](=O)[O-])cc2oc1=O. The van der Waals surface area contributed by atoms with Gasteiger partial charge in [-0.3, -0.25) is 19.7 Å². The number of ether oxygens (including phenoxy) is 1. The molecular weight excluding hydrogens is 700 g/mol. The highest BCUT2D eigenvalue weighted by molar-refractivity contribution is 6.02. The van der Waals surface area contributed by atoms with Crippen molar-refractivity contribution in [3.05, 3.63) is 133 Å². The molecule has 5 aromatic rings. The van der Waals surface area contributed by atoms with E-state index in [2.05, 4.69) is 84.5 Å². The zero-order valence-corrected chi connectivity index (χ0v) is 31.4. The van der Waals surface area contributed by atoms with Gasteiger partial charge in [0.25, 0.3) is 17.5 Å². The number of nitro groups is 1. The van der Waals surface area contributed by atoms with Gasteiger partial charge in [0.15, 0.2) is 0 Å². The number of nitrogens with one attached hydrogen (secondary N) is 2. The van der Waals surface area contributed by atoms with Crippen LogP contribution in [0.2, 0.25) is 0 Å². The van der Waals surface area contributed by atoms with E-state index >= 15 is 0 Å². The average Bonchev–Trinajstić information content (AvgIpc) is 3.43. The quantitative estimate of drug-likeness (QED) is 0.0577. The minimum Gasteiger partial charge on any atom is -0.456 e. The van der Waals surface area contributed by atoms with Gasteiger partial charge in [-0.25, -0.2) is 4.79 Å². The smallest absolute Gasteiger partial charge is 0.349 e. The van der Waals surface area contributed by atoms with Crippen molar-refractivity contribution >= 4 is 39.8 Å². The van der Waals surface area contributed by atoms with Gasteiger partial charge < -0.3 is 34.5 Å². The van der Waals surface area contributed by atoms with E-state index in [1.165, 1.54) is 18.2 Å². The fourth-order valence-electron chi connectivity index (χ4n) is 7.95. The lowest BCUT2D eigenvalue weighted by atomic mass is 9.74. The molecule has 2 aliphatic rings. The van der Waals surface area contributed by atoms with Crippen LogP contribution in [0.5, 0.6) is 11.5 Å². The first-order valence-electron chi connectivity index (χ1n) is 18.8. The highest BCUT2D eigenvalue weighted by atomic mass is 16.6. The minimum absolute atomic E-state index is 0.0252. The maximum Gasteiger partial charge on any atom is 0.349 e. The van der Waals surface area contributed by atoms with Gasteiger partial charge in [-0.1, -0.05) is 30.3 Å². The molecule has 1 aromatic heterocycles. The molecule has 0 unspecified atom stereocenters. The van der Waals surface area contributed by atoms with Crippen molar-refractivity contribution in [2.45, 2.75) is 33.2 Å². The summed E-state index contributed by atoms with van der Waals surface area (Å²) in [7, 11) is 0. The Balaban J connectivity index is 1.15. The lowest BCUT2D eigenvalue weighted by Gasteiger charge is -2.45. The first kappa shape index (κ1) is 37.1. The van der Waals surface area contributed by atoms with Crippen LogP contribution in [-0.2, 0) is 5.54 Å². The Morgan fingerprint density at radius 1 is 0.782 bits per heavy atom. The Hall–Kier alpha value is -6.21. The number of nitro benzene ring substituents is 1. The molecular formula is C42H44N6O7. The standard InChI is InChI=1S/C42H44N6O7/c1-5-45(6-2)28-15-17-34-37(24-28)54-38-25-29(46(7-3)8-4)16-18-35(38)42(34)33-12-10-9-11-31(33)40(50)47(42)22-21-43-19-20-44-39(49)32-23-27-13-14-30(48(52)53)26-36(27)55-41(32)51/h9-18,23-26,43H,5-8,19-22H2,1-4H3,(H,44,49). The van der Waals surface area contributed by atoms with Crippen molar-refractivity contribution < 1.29 is 23.7 Å². The maximum atomic E-state index is 14.5. The molecule has 0 aliphatic carbocycles. The molecule has 0 atom stereocenters. The maximum absolute atomic E-state index is 14.5. The summed E-state index contributed by atoms with van der Waals surface area (Å²) >= 11 is 0. The second kappa shape index (κ2) is 15.3. The molecule has 2 amide bonds. The van der Waals surface area contributed by atoms with Crippen molar-refractivity contribution in [3.8, 4) is 11.5 Å². The van der Waals surface area contributed by atoms with E-state index in [1.807, 2.05) is 29.2 Å². The van der Waals surface area contributed by atoms with Gasteiger partial charge in [0, 0.05) is 104 Å². The Bertz CT molecular complexity index is 2290. The van der Waals surface area contributed by atoms with Crippen molar-refractivity contribution in [1.82, 2.24) is 15.5 Å². The number of nitrogens with zero attached hydrogens (tertiary/aromatic N) is 4. The summed E-state index contributed by atoms with van der Waals surface area (Å²) < 4.78 is 12.0. The van der Waals surface area contributed by atoms with Gasteiger partial charge in [-0.15, -0.1) is 0 Å². The predicted octanol–water partition coefficient (Wildman–Crippen LogP) is 6.27. The van der Waals surface area contributed by atoms with Gasteiger partial charge in [0.1, 0.15) is 28.2 Å². The normalized spacial score (nSPS) is 13.6. The van der Waals surface area contributed by atoms with Gasteiger partial charge in [0.2, 0.25) is 0 Å². The number of non-ortho nitro benzene ring substituents is 1. The third-order valence-corrected chi connectivity index (χ3v) is 10.7. The van der Waals surface area contributed by atoms with Crippen LogP contribution < -0.4 is 30.8 Å². The van der Waals surface area contributed by atoms with Crippen LogP contribution in [0.15, 0.2) is 94.1 Å². The van der Waals surface area contributed by atoms with Crippen LogP contribution in [0.4, 0.5) is 17.1 Å². The Labute approximate surface area is 318 Å². The monoisotopic (exact) mass is 744 g/mol. The van der Waals surface area contributed by atoms with Gasteiger partial charge in [-0.2, -0.15) is 0 Å². The molecule has 3 heterocycles. The van der Waals surface area contributed by atoms with E-state index in [0.29, 0.717) is 42.1 Å². The van der Waals surface area contributed by atoms with E-state index in [-0.39, 0.29) is 29.3 Å². The lowest BCUT2D eigenvalue weighted by Crippen LogP contribution is -2.50. The van der Waals surface area contributed by atoms with Crippen molar-refractivity contribution in [2.75, 3.05) is 62.2 Å². The number of carbonyl (C=O) groups is 2. The van der Waals surface area contributed by atoms with Crippen LogP contribution in [0.1, 0.15) is 65.1 Å². The van der Waals surface area contributed by atoms with Crippen LogP contribution in [-0.4, -0.2) is 74.0 Å². The number of benzene rings is 4. The fraction of sp³-hybridized carbons (Fsp3) is 0.310. The third kappa shape index (κ3) is 6.43. The zero-order chi connectivity index (χ0) is 38.9. The summed E-state index contributed by atoms with van der Waals surface area (Å²) in [6, 6.07) is 25.6. The molecule has 1 spiro atoms. The van der Waals surface area contributed by atoms with Gasteiger partial charge >= 0.3 is 5.63 Å². The molecule has 2 aliphatic heterocycles. The molecule has 0 saturated heterocycles. The zero-order valence-electron chi connectivity index (χ0n) is 31.4. The largest absolute Gasteiger partial charge is 0.456 e. The number of fused-ring (bicyclic) bond motifs is 7. The van der Waals surface area contributed by atoms with Crippen molar-refractivity contribution in [1.29, 1.82) is 0 Å². The number of anilines is 2. The summed E-state index contributed by atoms with van der Waals surface area (Å²) in [6.07, 6.45) is 0. The molecule has 4 aromatic carbocycles. The predicted molar refractivity (Wildman–Crippen MR) is 212 cm³/mol.